The maximum atomic E-state index is 8.78. The van der Waals surface area contributed by atoms with Gasteiger partial charge in [0, 0.05) is 19.2 Å². The van der Waals surface area contributed by atoms with E-state index in [1.54, 1.807) is 6.33 Å². The highest BCUT2D eigenvalue weighted by molar-refractivity contribution is 5.87. The standard InChI is InChI=1S/C15H26N8O/c1-10(2)23-9-19-11-12(20-14(16)17)21-15(22-13(11)23)18-7-5-3-4-6-8-24/h9-10,24H,3-8H2,1-2H3,(H5,16,17,18,20,21,22). The van der Waals surface area contributed by atoms with Crippen molar-refractivity contribution in [3.63, 3.8) is 0 Å². The lowest BCUT2D eigenvalue weighted by molar-refractivity contribution is 0.283. The van der Waals surface area contributed by atoms with Gasteiger partial charge in [0.15, 0.2) is 22.9 Å². The summed E-state index contributed by atoms with van der Waals surface area (Å²) in [4.78, 5) is 17.3. The molecular weight excluding hydrogens is 308 g/mol. The van der Waals surface area contributed by atoms with Crippen LogP contribution < -0.4 is 16.8 Å². The molecule has 0 saturated carbocycles. The predicted molar refractivity (Wildman–Crippen MR) is 95.2 cm³/mol. The molecule has 0 saturated heterocycles. The number of hydrogen-bond donors (Lipinski definition) is 4. The number of nitrogens with zero attached hydrogens (tertiary/aromatic N) is 5. The van der Waals surface area contributed by atoms with Crippen molar-refractivity contribution in [1.29, 1.82) is 0 Å². The van der Waals surface area contributed by atoms with Crippen LogP contribution in [0.3, 0.4) is 0 Å². The van der Waals surface area contributed by atoms with Gasteiger partial charge in [-0.1, -0.05) is 12.8 Å². The SMILES string of the molecule is CC(C)n1cnc2c(N=C(N)N)nc(NCCCCCCO)nc21. The molecule has 0 aliphatic rings. The second kappa shape index (κ2) is 8.44. The number of fused-ring (bicyclic) bond motifs is 1. The zero-order chi connectivity index (χ0) is 17.5. The van der Waals surface area contributed by atoms with Gasteiger partial charge in [0.05, 0.1) is 6.33 Å². The average Bonchev–Trinajstić information content (AvgIpc) is 2.94. The maximum absolute atomic E-state index is 8.78. The number of unbranched alkanes of at least 4 members (excludes halogenated alkanes) is 3. The fourth-order valence-corrected chi connectivity index (χ4v) is 2.35. The van der Waals surface area contributed by atoms with Crippen molar-refractivity contribution in [2.75, 3.05) is 18.5 Å². The van der Waals surface area contributed by atoms with Crippen LogP contribution in [-0.2, 0) is 0 Å². The molecule has 2 aromatic heterocycles. The Labute approximate surface area is 141 Å². The molecule has 0 radical (unpaired) electrons. The summed E-state index contributed by atoms with van der Waals surface area (Å²) in [5.74, 6) is 0.776. The highest BCUT2D eigenvalue weighted by Gasteiger charge is 2.14. The number of aliphatic hydroxyl groups excluding tert-OH is 1. The van der Waals surface area contributed by atoms with Gasteiger partial charge in [0.25, 0.3) is 0 Å². The molecule has 0 amide bonds. The van der Waals surface area contributed by atoms with E-state index in [0.717, 1.165) is 32.2 Å². The number of aromatic nitrogens is 4. The first kappa shape index (κ1) is 17.9. The number of aliphatic hydroxyl groups is 1. The molecule has 2 heterocycles. The van der Waals surface area contributed by atoms with Crippen molar-refractivity contribution in [3.8, 4) is 0 Å². The minimum atomic E-state index is -0.0657. The number of nitrogens with two attached hydrogens (primary N) is 2. The quantitative estimate of drug-likeness (QED) is 0.307. The summed E-state index contributed by atoms with van der Waals surface area (Å²) in [6.07, 6.45) is 5.58. The van der Waals surface area contributed by atoms with Crippen LogP contribution >= 0.6 is 0 Å². The normalized spacial score (nSPS) is 11.2. The van der Waals surface area contributed by atoms with Gasteiger partial charge in [-0.25, -0.2) is 4.98 Å². The van der Waals surface area contributed by atoms with Crippen LogP contribution in [0, 0.1) is 0 Å². The van der Waals surface area contributed by atoms with Gasteiger partial charge in [0.1, 0.15) is 0 Å². The van der Waals surface area contributed by atoms with Crippen LogP contribution in [0.1, 0.15) is 45.6 Å². The highest BCUT2D eigenvalue weighted by atomic mass is 16.2. The average molecular weight is 334 g/mol. The first-order valence-corrected chi connectivity index (χ1v) is 8.22. The maximum Gasteiger partial charge on any atom is 0.226 e. The van der Waals surface area contributed by atoms with Crippen LogP contribution in [0.15, 0.2) is 11.3 Å². The van der Waals surface area contributed by atoms with E-state index < -0.39 is 0 Å². The number of rotatable bonds is 9. The Morgan fingerprint density at radius 1 is 1.25 bits per heavy atom. The van der Waals surface area contributed by atoms with Gasteiger partial charge in [-0.3, -0.25) is 0 Å². The number of guanidine groups is 1. The summed E-state index contributed by atoms with van der Waals surface area (Å²) in [5.41, 5.74) is 12.3. The van der Waals surface area contributed by atoms with E-state index in [4.69, 9.17) is 16.6 Å². The predicted octanol–water partition coefficient (Wildman–Crippen LogP) is 1.28. The van der Waals surface area contributed by atoms with Gasteiger partial charge in [-0.15, -0.1) is 0 Å². The molecule has 9 nitrogen and oxygen atoms in total. The second-order valence-electron chi connectivity index (χ2n) is 5.89. The molecule has 132 valence electrons. The third-order valence-electron chi connectivity index (χ3n) is 3.56. The van der Waals surface area contributed by atoms with E-state index in [-0.39, 0.29) is 18.6 Å². The van der Waals surface area contributed by atoms with Crippen molar-refractivity contribution in [2.24, 2.45) is 16.5 Å². The van der Waals surface area contributed by atoms with Crippen molar-refractivity contribution in [3.05, 3.63) is 6.33 Å². The minimum absolute atomic E-state index is 0.0657. The van der Waals surface area contributed by atoms with Gasteiger partial charge >= 0.3 is 0 Å². The Morgan fingerprint density at radius 3 is 2.67 bits per heavy atom. The third-order valence-corrected chi connectivity index (χ3v) is 3.56. The Hall–Kier alpha value is -2.42. The number of nitrogens with one attached hydrogen (secondary N) is 1. The molecule has 0 spiro atoms. The van der Waals surface area contributed by atoms with Crippen LogP contribution in [0.4, 0.5) is 11.8 Å². The van der Waals surface area contributed by atoms with Crippen molar-refractivity contribution < 1.29 is 5.11 Å². The Kier molecular flexibility index (Phi) is 6.30. The topological polar surface area (TPSA) is 140 Å². The van der Waals surface area contributed by atoms with Crippen molar-refractivity contribution in [2.45, 2.75) is 45.6 Å². The lowest BCUT2D eigenvalue weighted by Crippen LogP contribution is -2.22. The summed E-state index contributed by atoms with van der Waals surface area (Å²) in [6, 6.07) is 0.211. The molecule has 24 heavy (non-hydrogen) atoms. The summed E-state index contributed by atoms with van der Waals surface area (Å²) < 4.78 is 1.95. The number of aliphatic imine (C=N–C) groups is 1. The fraction of sp³-hybridized carbons (Fsp3) is 0.600. The van der Waals surface area contributed by atoms with Crippen LogP contribution in [0.25, 0.3) is 11.2 Å². The lowest BCUT2D eigenvalue weighted by atomic mass is 10.2. The van der Waals surface area contributed by atoms with Gasteiger partial charge in [0.2, 0.25) is 5.95 Å². The lowest BCUT2D eigenvalue weighted by Gasteiger charge is -2.10. The molecule has 0 bridgehead atoms. The van der Waals surface area contributed by atoms with Crippen molar-refractivity contribution >= 4 is 28.9 Å². The summed E-state index contributed by atoms with van der Waals surface area (Å²) in [6.45, 7) is 5.09. The van der Waals surface area contributed by atoms with Crippen LogP contribution in [0.5, 0.6) is 0 Å². The van der Waals surface area contributed by atoms with E-state index in [1.165, 1.54) is 0 Å². The van der Waals surface area contributed by atoms with Gasteiger partial charge in [-0.2, -0.15) is 15.0 Å². The first-order chi connectivity index (χ1) is 11.5. The third kappa shape index (κ3) is 4.54. The van der Waals surface area contributed by atoms with Gasteiger partial charge in [-0.05, 0) is 26.7 Å². The molecule has 0 aliphatic heterocycles. The smallest absolute Gasteiger partial charge is 0.226 e. The molecule has 0 aromatic carbocycles. The fourth-order valence-electron chi connectivity index (χ4n) is 2.35. The van der Waals surface area contributed by atoms with E-state index in [9.17, 15) is 0 Å². The summed E-state index contributed by atoms with van der Waals surface area (Å²) in [7, 11) is 0. The highest BCUT2D eigenvalue weighted by Crippen LogP contribution is 2.25. The molecular formula is C15H26N8O. The molecule has 0 unspecified atom stereocenters. The Bertz CT molecular complexity index is 690. The first-order valence-electron chi connectivity index (χ1n) is 8.22. The monoisotopic (exact) mass is 334 g/mol. The van der Waals surface area contributed by atoms with E-state index >= 15 is 0 Å². The second-order valence-corrected chi connectivity index (χ2v) is 5.89. The number of hydrogen-bond acceptors (Lipinski definition) is 6. The summed E-state index contributed by atoms with van der Waals surface area (Å²) >= 11 is 0. The molecule has 0 aliphatic carbocycles. The Balaban J connectivity index is 2.20. The van der Waals surface area contributed by atoms with E-state index in [1.807, 2.05) is 4.57 Å². The number of anilines is 1. The Morgan fingerprint density at radius 2 is 2.00 bits per heavy atom. The van der Waals surface area contributed by atoms with E-state index in [0.29, 0.717) is 22.9 Å². The molecule has 2 aromatic rings. The molecule has 6 N–H and O–H groups in total. The van der Waals surface area contributed by atoms with Crippen molar-refractivity contribution in [1.82, 2.24) is 19.5 Å². The molecule has 2 rings (SSSR count). The zero-order valence-electron chi connectivity index (χ0n) is 14.2. The van der Waals surface area contributed by atoms with E-state index in [2.05, 4.69) is 39.1 Å². The molecule has 0 atom stereocenters. The zero-order valence-corrected chi connectivity index (χ0v) is 14.2. The number of imidazole rings is 1. The summed E-state index contributed by atoms with van der Waals surface area (Å²) in [5, 5.41) is 12.0. The minimum Gasteiger partial charge on any atom is -0.396 e. The van der Waals surface area contributed by atoms with Crippen LogP contribution in [-0.4, -0.2) is 43.7 Å². The van der Waals surface area contributed by atoms with Gasteiger partial charge < -0.3 is 26.5 Å². The largest absolute Gasteiger partial charge is 0.396 e. The van der Waals surface area contributed by atoms with Crippen LogP contribution in [0.2, 0.25) is 0 Å². The molecule has 0 fully saturated rings. The molecule has 9 heteroatoms.